The maximum absolute atomic E-state index is 4.64. The predicted octanol–water partition coefficient (Wildman–Crippen LogP) is 6.73. The second kappa shape index (κ2) is 9.09. The third-order valence-corrected chi connectivity index (χ3v) is 4.71. The van der Waals surface area contributed by atoms with Crippen molar-refractivity contribution in [1.29, 1.82) is 0 Å². The molecule has 0 aromatic heterocycles. The fraction of sp³-hybridized carbons (Fsp3) is 0.154. The van der Waals surface area contributed by atoms with Crippen molar-refractivity contribution in [3.63, 3.8) is 0 Å². The van der Waals surface area contributed by atoms with E-state index in [0.29, 0.717) is 17.5 Å². The van der Waals surface area contributed by atoms with Gasteiger partial charge >= 0.3 is 0 Å². The van der Waals surface area contributed by atoms with Crippen LogP contribution in [0.15, 0.2) is 102 Å². The van der Waals surface area contributed by atoms with Gasteiger partial charge in [0, 0.05) is 5.56 Å². The normalized spacial score (nSPS) is 17.2. The third-order valence-electron chi connectivity index (χ3n) is 4.71. The first kappa shape index (κ1) is 19.5. The minimum atomic E-state index is 0.621. The smallest absolute Gasteiger partial charge is 0.126 e. The summed E-state index contributed by atoms with van der Waals surface area (Å²) in [6.07, 6.45) is 9.62. The van der Waals surface area contributed by atoms with Crippen molar-refractivity contribution >= 4 is 22.8 Å². The zero-order valence-corrected chi connectivity index (χ0v) is 16.6. The molecular formula is C26H26N2. The summed E-state index contributed by atoms with van der Waals surface area (Å²) < 4.78 is 0. The van der Waals surface area contributed by atoms with Gasteiger partial charge in [0.25, 0.3) is 0 Å². The Balaban J connectivity index is 1.79. The number of benzene rings is 2. The van der Waals surface area contributed by atoms with E-state index in [0.717, 1.165) is 23.3 Å². The Kier molecular flexibility index (Phi) is 6.33. The van der Waals surface area contributed by atoms with Gasteiger partial charge in [0.15, 0.2) is 0 Å². The molecule has 1 aliphatic rings. The molecule has 0 radical (unpaired) electrons. The Bertz CT molecular complexity index is 971. The summed E-state index contributed by atoms with van der Waals surface area (Å²) >= 11 is 0. The van der Waals surface area contributed by atoms with Gasteiger partial charge in [-0.3, -0.25) is 0 Å². The average molecular weight is 367 g/mol. The lowest BCUT2D eigenvalue weighted by Gasteiger charge is -2.12. The molecule has 2 nitrogen and oxygen atoms in total. The van der Waals surface area contributed by atoms with E-state index in [4.69, 9.17) is 0 Å². The van der Waals surface area contributed by atoms with Crippen LogP contribution in [0.3, 0.4) is 0 Å². The Morgan fingerprint density at radius 3 is 2.32 bits per heavy atom. The van der Waals surface area contributed by atoms with Crippen LogP contribution in [0, 0.1) is 5.92 Å². The lowest BCUT2D eigenvalue weighted by Crippen LogP contribution is -2.01. The molecular weight excluding hydrogens is 340 g/mol. The molecule has 2 aromatic rings. The molecule has 0 heterocycles. The molecule has 2 heteroatoms. The highest BCUT2D eigenvalue weighted by Crippen LogP contribution is 2.24. The lowest BCUT2D eigenvalue weighted by atomic mass is 9.93. The van der Waals surface area contributed by atoms with Gasteiger partial charge in [-0.15, -0.1) is 0 Å². The number of hydrogen-bond donors (Lipinski definition) is 0. The zero-order valence-electron chi connectivity index (χ0n) is 16.6. The summed E-state index contributed by atoms with van der Waals surface area (Å²) in [6.45, 7) is 12.1. The van der Waals surface area contributed by atoms with Gasteiger partial charge in [-0.1, -0.05) is 92.9 Å². The molecule has 1 unspecified atom stereocenters. The largest absolute Gasteiger partial charge is 0.234 e. The SMILES string of the molecule is C=C/C(=N\C(C)=N/C(=C)c1ccccc1)c1ccc(C2=CCC(C)C=C2)cc1. The van der Waals surface area contributed by atoms with Crippen LogP contribution < -0.4 is 0 Å². The molecule has 0 saturated carbocycles. The molecule has 0 amide bonds. The fourth-order valence-electron chi connectivity index (χ4n) is 3.09. The second-order valence-electron chi connectivity index (χ2n) is 6.98. The Hall–Kier alpha value is -3.26. The molecule has 28 heavy (non-hydrogen) atoms. The van der Waals surface area contributed by atoms with Gasteiger partial charge in [0.05, 0.1) is 11.4 Å². The van der Waals surface area contributed by atoms with Crippen LogP contribution in [-0.2, 0) is 0 Å². The van der Waals surface area contributed by atoms with E-state index in [9.17, 15) is 0 Å². The summed E-state index contributed by atoms with van der Waals surface area (Å²) in [5, 5.41) is 0. The van der Waals surface area contributed by atoms with Gasteiger partial charge in [-0.05, 0) is 42.0 Å². The van der Waals surface area contributed by atoms with E-state index in [1.165, 1.54) is 11.1 Å². The van der Waals surface area contributed by atoms with Crippen LogP contribution in [0.5, 0.6) is 0 Å². The molecule has 0 bridgehead atoms. The molecule has 3 rings (SSSR count). The van der Waals surface area contributed by atoms with Crippen molar-refractivity contribution in [2.24, 2.45) is 15.9 Å². The molecule has 140 valence electrons. The second-order valence-corrected chi connectivity index (χ2v) is 6.98. The highest BCUT2D eigenvalue weighted by Gasteiger charge is 2.07. The summed E-state index contributed by atoms with van der Waals surface area (Å²) in [5.74, 6) is 1.27. The quantitative estimate of drug-likeness (QED) is 0.414. The van der Waals surface area contributed by atoms with E-state index in [-0.39, 0.29) is 0 Å². The van der Waals surface area contributed by atoms with Crippen LogP contribution in [0.25, 0.3) is 11.3 Å². The number of rotatable bonds is 5. The van der Waals surface area contributed by atoms with Crippen molar-refractivity contribution in [2.75, 3.05) is 0 Å². The topological polar surface area (TPSA) is 24.7 Å². The van der Waals surface area contributed by atoms with Gasteiger partial charge in [0.1, 0.15) is 5.84 Å². The van der Waals surface area contributed by atoms with E-state index in [2.05, 4.69) is 72.6 Å². The van der Waals surface area contributed by atoms with E-state index in [1.54, 1.807) is 6.08 Å². The summed E-state index contributed by atoms with van der Waals surface area (Å²) in [6, 6.07) is 18.3. The van der Waals surface area contributed by atoms with Gasteiger partial charge in [0.2, 0.25) is 0 Å². The number of allylic oxidation sites excluding steroid dienone is 5. The van der Waals surface area contributed by atoms with E-state index < -0.39 is 0 Å². The maximum atomic E-state index is 4.64. The highest BCUT2D eigenvalue weighted by molar-refractivity contribution is 6.13. The van der Waals surface area contributed by atoms with Crippen molar-refractivity contribution < 1.29 is 0 Å². The first-order valence-electron chi connectivity index (χ1n) is 9.56. The first-order chi connectivity index (χ1) is 13.6. The molecule has 1 aliphatic carbocycles. The van der Waals surface area contributed by atoms with E-state index in [1.807, 2.05) is 37.3 Å². The van der Waals surface area contributed by atoms with Crippen molar-refractivity contribution in [3.05, 3.63) is 109 Å². The number of hydrogen-bond acceptors (Lipinski definition) is 1. The summed E-state index contributed by atoms with van der Waals surface area (Å²) in [5.41, 5.74) is 6.01. The zero-order chi connectivity index (χ0) is 19.9. The van der Waals surface area contributed by atoms with Crippen LogP contribution in [0.2, 0.25) is 0 Å². The summed E-state index contributed by atoms with van der Waals surface area (Å²) in [7, 11) is 0. The molecule has 1 atom stereocenters. The fourth-order valence-corrected chi connectivity index (χ4v) is 3.09. The molecule has 0 N–H and O–H groups in total. The van der Waals surface area contributed by atoms with E-state index >= 15 is 0 Å². The molecule has 0 saturated heterocycles. The Morgan fingerprint density at radius 2 is 1.71 bits per heavy atom. The predicted molar refractivity (Wildman–Crippen MR) is 123 cm³/mol. The minimum absolute atomic E-state index is 0.621. The van der Waals surface area contributed by atoms with Crippen molar-refractivity contribution in [3.8, 4) is 0 Å². The molecule has 0 aliphatic heterocycles. The Morgan fingerprint density at radius 1 is 1.00 bits per heavy atom. The number of nitrogens with zero attached hydrogens (tertiary/aromatic N) is 2. The minimum Gasteiger partial charge on any atom is -0.234 e. The maximum Gasteiger partial charge on any atom is 0.126 e. The lowest BCUT2D eigenvalue weighted by molar-refractivity contribution is 0.739. The third kappa shape index (κ3) is 4.92. The van der Waals surface area contributed by atoms with Gasteiger partial charge in [-0.25, -0.2) is 9.98 Å². The summed E-state index contributed by atoms with van der Waals surface area (Å²) in [4.78, 5) is 9.17. The Labute approximate surface area is 168 Å². The van der Waals surface area contributed by atoms with Crippen molar-refractivity contribution in [1.82, 2.24) is 0 Å². The number of amidine groups is 1. The highest BCUT2D eigenvalue weighted by atomic mass is 14.9. The molecule has 0 spiro atoms. The monoisotopic (exact) mass is 366 g/mol. The van der Waals surface area contributed by atoms with Crippen LogP contribution in [0.1, 0.15) is 37.0 Å². The first-order valence-corrected chi connectivity index (χ1v) is 9.56. The molecule has 0 fully saturated rings. The van der Waals surface area contributed by atoms with Crippen molar-refractivity contribution in [2.45, 2.75) is 20.3 Å². The van der Waals surface area contributed by atoms with Gasteiger partial charge in [-0.2, -0.15) is 0 Å². The van der Waals surface area contributed by atoms with Crippen LogP contribution in [0.4, 0.5) is 0 Å². The standard InChI is InChI=1S/C26H26N2/c1-5-26(28-21(4)27-20(3)22-9-7-6-8-10-22)25-17-15-24(16-18-25)23-13-11-19(2)12-14-23/h5-11,13-19H,1,3,12H2,2,4H3/b27-21-,28-26+. The van der Waals surface area contributed by atoms with Gasteiger partial charge < -0.3 is 0 Å². The van der Waals surface area contributed by atoms with Crippen LogP contribution in [-0.4, -0.2) is 11.5 Å². The number of aliphatic imine (C=N–C) groups is 2. The average Bonchev–Trinajstić information content (AvgIpc) is 2.73. The molecule has 2 aromatic carbocycles. The van der Waals surface area contributed by atoms with Crippen LogP contribution >= 0.6 is 0 Å².